The van der Waals surface area contributed by atoms with Crippen molar-refractivity contribution in [2.75, 3.05) is 0 Å². The Hall–Kier alpha value is -1.14. The number of allylic oxidation sites excluding steroid dienone is 4. The van der Waals surface area contributed by atoms with Gasteiger partial charge in [0.05, 0.1) is 22.0 Å². The van der Waals surface area contributed by atoms with Crippen molar-refractivity contribution in [3.05, 3.63) is 49.1 Å². The quantitative estimate of drug-likeness (QED) is 0.564. The van der Waals surface area contributed by atoms with E-state index in [4.69, 9.17) is 0 Å². The molecule has 0 unspecified atom stereocenters. The molecule has 0 saturated carbocycles. The molecule has 2 N–H and O–H groups in total. The van der Waals surface area contributed by atoms with Crippen LogP contribution in [0, 0.1) is 0 Å². The summed E-state index contributed by atoms with van der Waals surface area (Å²) in [7, 11) is 3.17. The van der Waals surface area contributed by atoms with Gasteiger partial charge in [0, 0.05) is 24.8 Å². The Balaban J connectivity index is 1.72. The van der Waals surface area contributed by atoms with Crippen LogP contribution in [0.1, 0.15) is 0 Å². The fourth-order valence-corrected chi connectivity index (χ4v) is 2.43. The predicted molar refractivity (Wildman–Crippen MR) is 61.7 cm³/mol. The van der Waals surface area contributed by atoms with E-state index in [0.29, 0.717) is 0 Å². The molecule has 0 aromatic rings. The molecule has 0 spiro atoms. The first-order valence-corrected chi connectivity index (χ1v) is 6.14. The maximum absolute atomic E-state index is 3.07. The summed E-state index contributed by atoms with van der Waals surface area (Å²) in [5.74, 6) is 0. The van der Waals surface area contributed by atoms with Gasteiger partial charge in [-0.3, -0.25) is 10.9 Å². The molecule has 0 saturated heterocycles. The van der Waals surface area contributed by atoms with E-state index in [-0.39, 0.29) is 0 Å². The third-order valence-corrected chi connectivity index (χ3v) is 3.46. The molecule has 6 heteroatoms. The highest BCUT2D eigenvalue weighted by atomic mass is 33.1. The number of hydrazine groups is 2. The molecular formula is C8H10N4S2. The van der Waals surface area contributed by atoms with Crippen LogP contribution in [0.5, 0.6) is 0 Å². The van der Waals surface area contributed by atoms with Crippen LogP contribution in [0.3, 0.4) is 0 Å². The Morgan fingerprint density at radius 1 is 0.714 bits per heavy atom. The Morgan fingerprint density at radius 2 is 1.21 bits per heavy atom. The molecule has 0 fully saturated rings. The SMILES string of the molecule is C1=CNN(SSN2C=CC=CN2)C=C1. The summed E-state index contributed by atoms with van der Waals surface area (Å²) in [4.78, 5) is 0. The van der Waals surface area contributed by atoms with E-state index in [1.165, 1.54) is 0 Å². The van der Waals surface area contributed by atoms with Crippen molar-refractivity contribution in [3.63, 3.8) is 0 Å². The average molecular weight is 226 g/mol. The maximum Gasteiger partial charge on any atom is 0.0671 e. The lowest BCUT2D eigenvalue weighted by Gasteiger charge is -2.24. The normalized spacial score (nSPS) is 18.3. The predicted octanol–water partition coefficient (Wildman–Crippen LogP) is 1.89. The maximum atomic E-state index is 3.07. The fraction of sp³-hybridized carbons (Fsp3) is 0. The van der Waals surface area contributed by atoms with Gasteiger partial charge in [0.1, 0.15) is 0 Å². The summed E-state index contributed by atoms with van der Waals surface area (Å²) in [6.07, 6.45) is 15.5. The Morgan fingerprint density at radius 3 is 1.57 bits per heavy atom. The standard InChI is InChI=1S/C8H10N4S2/c1-3-7-11(9-5-1)13-14-12-8-4-2-6-10-12/h1-10H. The molecule has 14 heavy (non-hydrogen) atoms. The third kappa shape index (κ3) is 2.68. The van der Waals surface area contributed by atoms with Gasteiger partial charge in [-0.1, -0.05) is 0 Å². The molecule has 0 aromatic heterocycles. The van der Waals surface area contributed by atoms with Crippen LogP contribution >= 0.6 is 22.0 Å². The molecular weight excluding hydrogens is 216 g/mol. The largest absolute Gasteiger partial charge is 0.295 e. The molecule has 0 aromatic carbocycles. The molecule has 4 nitrogen and oxygen atoms in total. The summed E-state index contributed by atoms with van der Waals surface area (Å²) in [5.41, 5.74) is 6.14. The lowest BCUT2D eigenvalue weighted by molar-refractivity contribution is 0.528. The third-order valence-electron chi connectivity index (χ3n) is 1.46. The fourth-order valence-electron chi connectivity index (χ4n) is 0.850. The van der Waals surface area contributed by atoms with E-state index < -0.39 is 0 Å². The van der Waals surface area contributed by atoms with E-state index in [2.05, 4.69) is 10.9 Å². The van der Waals surface area contributed by atoms with Gasteiger partial charge in [-0.05, 0) is 24.3 Å². The average Bonchev–Trinajstić information content (AvgIpc) is 2.29. The molecule has 2 aliphatic rings. The van der Waals surface area contributed by atoms with Crippen LogP contribution in [0.2, 0.25) is 0 Å². The Bertz CT molecular complexity index is 268. The van der Waals surface area contributed by atoms with E-state index in [1.54, 1.807) is 22.0 Å². The monoisotopic (exact) mass is 226 g/mol. The summed E-state index contributed by atoms with van der Waals surface area (Å²) in [5, 5.41) is 0. The van der Waals surface area contributed by atoms with E-state index in [0.717, 1.165) is 0 Å². The van der Waals surface area contributed by atoms with Gasteiger partial charge >= 0.3 is 0 Å². The second-order valence-electron chi connectivity index (χ2n) is 2.46. The van der Waals surface area contributed by atoms with Crippen molar-refractivity contribution in [1.82, 2.24) is 19.7 Å². The van der Waals surface area contributed by atoms with Crippen molar-refractivity contribution >= 4 is 22.0 Å². The van der Waals surface area contributed by atoms with Gasteiger partial charge in [0.15, 0.2) is 0 Å². The zero-order valence-electron chi connectivity index (χ0n) is 7.33. The van der Waals surface area contributed by atoms with Crippen molar-refractivity contribution < 1.29 is 0 Å². The van der Waals surface area contributed by atoms with Gasteiger partial charge in [-0.15, -0.1) is 0 Å². The summed E-state index contributed by atoms with van der Waals surface area (Å²) in [6, 6.07) is 0. The first kappa shape index (κ1) is 9.42. The highest BCUT2D eigenvalue weighted by Crippen LogP contribution is 2.28. The first-order valence-electron chi connectivity index (χ1n) is 4.07. The van der Waals surface area contributed by atoms with E-state index in [1.807, 2.05) is 57.9 Å². The van der Waals surface area contributed by atoms with Crippen molar-refractivity contribution in [2.45, 2.75) is 0 Å². The molecule has 0 bridgehead atoms. The first-order chi connectivity index (χ1) is 6.95. The molecule has 2 rings (SSSR count). The number of hydrogen-bond acceptors (Lipinski definition) is 6. The molecule has 0 aliphatic carbocycles. The van der Waals surface area contributed by atoms with Gasteiger partial charge in [0.25, 0.3) is 0 Å². The highest BCUT2D eigenvalue weighted by molar-refractivity contribution is 8.74. The number of nitrogens with one attached hydrogen (secondary N) is 2. The van der Waals surface area contributed by atoms with Gasteiger partial charge in [-0.2, -0.15) is 0 Å². The number of nitrogens with zero attached hydrogens (tertiary/aromatic N) is 2. The van der Waals surface area contributed by atoms with Crippen LogP contribution in [-0.2, 0) is 0 Å². The second-order valence-corrected chi connectivity index (χ2v) is 4.44. The zero-order chi connectivity index (χ0) is 9.64. The highest BCUT2D eigenvalue weighted by Gasteiger charge is 2.05. The number of rotatable bonds is 3. The topological polar surface area (TPSA) is 30.5 Å². The minimum absolute atomic E-state index is 1.58. The van der Waals surface area contributed by atoms with Crippen molar-refractivity contribution in [1.29, 1.82) is 0 Å². The van der Waals surface area contributed by atoms with Crippen LogP contribution in [0.4, 0.5) is 0 Å². The molecule has 2 heterocycles. The smallest absolute Gasteiger partial charge is 0.0671 e. The summed E-state index contributed by atoms with van der Waals surface area (Å²) in [6.45, 7) is 0. The van der Waals surface area contributed by atoms with Gasteiger partial charge in [-0.25, -0.2) is 8.83 Å². The minimum Gasteiger partial charge on any atom is -0.295 e. The molecule has 2 aliphatic heterocycles. The molecule has 0 atom stereocenters. The molecule has 0 amide bonds. The van der Waals surface area contributed by atoms with Crippen LogP contribution < -0.4 is 10.9 Å². The summed E-state index contributed by atoms with van der Waals surface area (Å²) < 4.78 is 3.83. The van der Waals surface area contributed by atoms with Crippen molar-refractivity contribution in [2.24, 2.45) is 0 Å². The van der Waals surface area contributed by atoms with Gasteiger partial charge in [0.2, 0.25) is 0 Å². The zero-order valence-corrected chi connectivity index (χ0v) is 8.96. The van der Waals surface area contributed by atoms with Crippen LogP contribution in [0.15, 0.2) is 49.1 Å². The Labute approximate surface area is 91.0 Å². The lowest BCUT2D eigenvalue weighted by atomic mass is 10.5. The molecule has 74 valence electrons. The second kappa shape index (κ2) is 4.92. The van der Waals surface area contributed by atoms with Crippen molar-refractivity contribution in [3.8, 4) is 0 Å². The van der Waals surface area contributed by atoms with Crippen LogP contribution in [-0.4, -0.2) is 8.83 Å². The van der Waals surface area contributed by atoms with Crippen LogP contribution in [0.25, 0.3) is 0 Å². The van der Waals surface area contributed by atoms with E-state index in [9.17, 15) is 0 Å². The molecule has 0 radical (unpaired) electrons. The van der Waals surface area contributed by atoms with E-state index >= 15 is 0 Å². The summed E-state index contributed by atoms with van der Waals surface area (Å²) >= 11 is 0. The van der Waals surface area contributed by atoms with Gasteiger partial charge < -0.3 is 0 Å². The minimum atomic E-state index is 1.58. The number of hydrogen-bond donors (Lipinski definition) is 2. The lowest BCUT2D eigenvalue weighted by Crippen LogP contribution is -2.26. The Kier molecular flexibility index (Phi) is 3.31.